The van der Waals surface area contributed by atoms with Gasteiger partial charge in [-0.1, -0.05) is 13.8 Å². The SMILES string of the molecule is CCN(CC)CCCN(CC)C(=O)C1CCC(C)NC1. The van der Waals surface area contributed by atoms with Gasteiger partial charge in [0.2, 0.25) is 5.91 Å². The van der Waals surface area contributed by atoms with Crippen molar-refractivity contribution >= 4 is 5.91 Å². The Morgan fingerprint density at radius 3 is 2.30 bits per heavy atom. The van der Waals surface area contributed by atoms with Crippen LogP contribution in [-0.4, -0.2) is 61.0 Å². The van der Waals surface area contributed by atoms with Gasteiger partial charge in [-0.05, 0) is 52.7 Å². The molecule has 0 aromatic carbocycles. The van der Waals surface area contributed by atoms with Crippen LogP contribution < -0.4 is 5.32 Å². The molecular weight excluding hydrogens is 250 g/mol. The molecule has 0 aromatic rings. The third-order valence-corrected chi connectivity index (χ3v) is 4.50. The van der Waals surface area contributed by atoms with Gasteiger partial charge >= 0.3 is 0 Å². The summed E-state index contributed by atoms with van der Waals surface area (Å²) in [6, 6.07) is 0.566. The van der Waals surface area contributed by atoms with Gasteiger partial charge in [-0.2, -0.15) is 0 Å². The number of rotatable bonds is 8. The van der Waals surface area contributed by atoms with Crippen molar-refractivity contribution in [1.29, 1.82) is 0 Å². The van der Waals surface area contributed by atoms with Crippen molar-refractivity contribution in [2.75, 3.05) is 39.3 Å². The molecule has 1 aliphatic rings. The predicted molar refractivity (Wildman–Crippen MR) is 84.8 cm³/mol. The third-order valence-electron chi connectivity index (χ3n) is 4.50. The lowest BCUT2D eigenvalue weighted by Crippen LogP contribution is -2.46. The molecule has 0 bridgehead atoms. The quantitative estimate of drug-likeness (QED) is 0.739. The normalized spacial score (nSPS) is 23.1. The van der Waals surface area contributed by atoms with Crippen LogP contribution in [0.2, 0.25) is 0 Å². The summed E-state index contributed by atoms with van der Waals surface area (Å²) in [5, 5.41) is 3.43. The Morgan fingerprint density at radius 1 is 1.10 bits per heavy atom. The van der Waals surface area contributed by atoms with Gasteiger partial charge in [0, 0.05) is 25.7 Å². The number of amides is 1. The van der Waals surface area contributed by atoms with Gasteiger partial charge in [-0.15, -0.1) is 0 Å². The molecule has 0 saturated carbocycles. The molecule has 1 saturated heterocycles. The fraction of sp³-hybridized carbons (Fsp3) is 0.938. The van der Waals surface area contributed by atoms with Crippen LogP contribution in [0.15, 0.2) is 0 Å². The molecule has 118 valence electrons. The standard InChI is InChI=1S/C16H33N3O/c1-5-18(6-2)11-8-12-19(7-3)16(20)15-10-9-14(4)17-13-15/h14-15,17H,5-13H2,1-4H3. The molecule has 0 aromatic heterocycles. The predicted octanol–water partition coefficient (Wildman–Crippen LogP) is 1.95. The van der Waals surface area contributed by atoms with Gasteiger partial charge in [-0.3, -0.25) is 4.79 Å². The number of hydrogen-bond acceptors (Lipinski definition) is 3. The minimum absolute atomic E-state index is 0.194. The molecule has 4 nitrogen and oxygen atoms in total. The summed E-state index contributed by atoms with van der Waals surface area (Å²) in [5.74, 6) is 0.547. The average molecular weight is 283 g/mol. The molecule has 4 heteroatoms. The maximum Gasteiger partial charge on any atom is 0.226 e. The Labute approximate surface area is 124 Å². The Hall–Kier alpha value is -0.610. The average Bonchev–Trinajstić information content (AvgIpc) is 2.48. The highest BCUT2D eigenvalue weighted by molar-refractivity contribution is 5.79. The topological polar surface area (TPSA) is 35.6 Å². The largest absolute Gasteiger partial charge is 0.343 e. The summed E-state index contributed by atoms with van der Waals surface area (Å²) in [5.41, 5.74) is 0. The van der Waals surface area contributed by atoms with Gasteiger partial charge in [0.25, 0.3) is 0 Å². The van der Waals surface area contributed by atoms with Crippen LogP contribution in [0.25, 0.3) is 0 Å². The first-order valence-electron chi connectivity index (χ1n) is 8.36. The van der Waals surface area contributed by atoms with Crippen molar-refractivity contribution in [2.24, 2.45) is 5.92 Å². The van der Waals surface area contributed by atoms with Crippen LogP contribution >= 0.6 is 0 Å². The van der Waals surface area contributed by atoms with Crippen molar-refractivity contribution in [2.45, 2.75) is 53.0 Å². The second-order valence-electron chi connectivity index (χ2n) is 5.88. The monoisotopic (exact) mass is 283 g/mol. The van der Waals surface area contributed by atoms with E-state index in [4.69, 9.17) is 0 Å². The Kier molecular flexibility index (Phi) is 8.15. The second-order valence-corrected chi connectivity index (χ2v) is 5.88. The van der Waals surface area contributed by atoms with E-state index >= 15 is 0 Å². The van der Waals surface area contributed by atoms with E-state index in [2.05, 4.69) is 37.9 Å². The van der Waals surface area contributed by atoms with Crippen LogP contribution in [0.3, 0.4) is 0 Å². The van der Waals surface area contributed by atoms with Crippen molar-refractivity contribution in [3.8, 4) is 0 Å². The Morgan fingerprint density at radius 2 is 1.80 bits per heavy atom. The van der Waals surface area contributed by atoms with Gasteiger partial charge in [0.05, 0.1) is 5.92 Å². The molecule has 1 rings (SSSR count). The molecule has 0 aliphatic carbocycles. The molecule has 0 spiro atoms. The first kappa shape index (κ1) is 17.4. The van der Waals surface area contributed by atoms with Crippen molar-refractivity contribution in [3.05, 3.63) is 0 Å². The zero-order valence-electron chi connectivity index (χ0n) is 13.8. The lowest BCUT2D eigenvalue weighted by Gasteiger charge is -2.31. The van der Waals surface area contributed by atoms with E-state index in [1.54, 1.807) is 0 Å². The maximum atomic E-state index is 12.5. The Balaban J connectivity index is 2.35. The van der Waals surface area contributed by atoms with E-state index in [-0.39, 0.29) is 5.92 Å². The highest BCUT2D eigenvalue weighted by Gasteiger charge is 2.26. The van der Waals surface area contributed by atoms with E-state index in [1.165, 1.54) is 0 Å². The van der Waals surface area contributed by atoms with Crippen molar-refractivity contribution in [1.82, 2.24) is 15.1 Å². The summed E-state index contributed by atoms with van der Waals surface area (Å²) >= 11 is 0. The first-order valence-corrected chi connectivity index (χ1v) is 8.36. The summed E-state index contributed by atoms with van der Waals surface area (Å²) in [4.78, 5) is 17.0. The Bertz CT molecular complexity index is 271. The highest BCUT2D eigenvalue weighted by atomic mass is 16.2. The highest BCUT2D eigenvalue weighted by Crippen LogP contribution is 2.17. The third kappa shape index (κ3) is 5.41. The van der Waals surface area contributed by atoms with Crippen LogP contribution in [0.1, 0.15) is 47.0 Å². The van der Waals surface area contributed by atoms with E-state index in [1.807, 2.05) is 4.90 Å². The summed E-state index contributed by atoms with van der Waals surface area (Å²) < 4.78 is 0. The van der Waals surface area contributed by atoms with Gasteiger partial charge in [-0.25, -0.2) is 0 Å². The lowest BCUT2D eigenvalue weighted by molar-refractivity contribution is -0.136. The van der Waals surface area contributed by atoms with E-state index in [9.17, 15) is 4.79 Å². The maximum absolute atomic E-state index is 12.5. The minimum atomic E-state index is 0.194. The van der Waals surface area contributed by atoms with Crippen LogP contribution in [-0.2, 0) is 4.79 Å². The number of nitrogens with zero attached hydrogens (tertiary/aromatic N) is 2. The molecule has 20 heavy (non-hydrogen) atoms. The smallest absolute Gasteiger partial charge is 0.226 e. The van der Waals surface area contributed by atoms with Crippen LogP contribution in [0.5, 0.6) is 0 Å². The molecule has 1 N–H and O–H groups in total. The molecule has 0 radical (unpaired) electrons. The van der Waals surface area contributed by atoms with Crippen LogP contribution in [0.4, 0.5) is 0 Å². The lowest BCUT2D eigenvalue weighted by atomic mass is 9.94. The van der Waals surface area contributed by atoms with Gasteiger partial charge in [0.1, 0.15) is 0 Å². The molecule has 2 unspecified atom stereocenters. The fourth-order valence-electron chi connectivity index (χ4n) is 2.92. The number of carbonyl (C=O) groups excluding carboxylic acids is 1. The number of hydrogen-bond donors (Lipinski definition) is 1. The van der Waals surface area contributed by atoms with E-state index < -0.39 is 0 Å². The zero-order chi connectivity index (χ0) is 15.0. The van der Waals surface area contributed by atoms with Crippen molar-refractivity contribution < 1.29 is 4.79 Å². The van der Waals surface area contributed by atoms with Gasteiger partial charge < -0.3 is 15.1 Å². The molecule has 1 amide bonds. The summed E-state index contributed by atoms with van der Waals surface area (Å²) in [7, 11) is 0. The number of carbonyl (C=O) groups is 1. The van der Waals surface area contributed by atoms with Crippen LogP contribution in [0, 0.1) is 5.92 Å². The zero-order valence-corrected chi connectivity index (χ0v) is 13.8. The van der Waals surface area contributed by atoms with Gasteiger partial charge in [0.15, 0.2) is 0 Å². The molecule has 1 fully saturated rings. The van der Waals surface area contributed by atoms with E-state index in [0.29, 0.717) is 11.9 Å². The van der Waals surface area contributed by atoms with E-state index in [0.717, 1.165) is 58.5 Å². The molecule has 1 aliphatic heterocycles. The molecule has 1 heterocycles. The number of piperidine rings is 1. The first-order chi connectivity index (χ1) is 9.62. The van der Waals surface area contributed by atoms with Crippen molar-refractivity contribution in [3.63, 3.8) is 0 Å². The second kappa shape index (κ2) is 9.35. The summed E-state index contributed by atoms with van der Waals surface area (Å²) in [6.45, 7) is 14.6. The molecular formula is C16H33N3O. The summed E-state index contributed by atoms with van der Waals surface area (Å²) in [6.07, 6.45) is 3.24. The fourth-order valence-corrected chi connectivity index (χ4v) is 2.92. The number of nitrogens with one attached hydrogen (secondary N) is 1. The molecule has 2 atom stereocenters. The minimum Gasteiger partial charge on any atom is -0.343 e.